The van der Waals surface area contributed by atoms with Crippen molar-refractivity contribution in [1.29, 1.82) is 0 Å². The van der Waals surface area contributed by atoms with Gasteiger partial charge in [0.2, 0.25) is 5.91 Å². The molecule has 1 amide bonds. The van der Waals surface area contributed by atoms with Gasteiger partial charge in [-0.2, -0.15) is 0 Å². The number of quaternary nitrogens is 1. The molecule has 1 heterocycles. The van der Waals surface area contributed by atoms with Gasteiger partial charge < -0.3 is 19.6 Å². The molecule has 0 aliphatic carbocycles. The standard InChI is InChI=1S/C13H24N2O4S/c1-9(16)14-12(13(17)18)8-20-11-5-10(19-4)6-15(2,3)7-11/h10-12H,5-8H2,1-4H3,(H-,14,16,17,18)/p+1. The number of nitrogens with zero attached hydrogens (tertiary/aromatic N) is 1. The van der Waals surface area contributed by atoms with Crippen LogP contribution in [0.1, 0.15) is 13.3 Å². The van der Waals surface area contributed by atoms with Gasteiger partial charge in [0, 0.05) is 19.8 Å². The van der Waals surface area contributed by atoms with E-state index in [0.717, 1.165) is 24.0 Å². The van der Waals surface area contributed by atoms with Crippen LogP contribution in [0, 0.1) is 0 Å². The normalized spacial score (nSPS) is 26.8. The minimum atomic E-state index is -0.986. The van der Waals surface area contributed by atoms with E-state index in [4.69, 9.17) is 9.84 Å². The number of carbonyl (C=O) groups is 2. The third kappa shape index (κ3) is 5.68. The highest BCUT2D eigenvalue weighted by atomic mass is 32.2. The first-order valence-electron chi connectivity index (χ1n) is 6.70. The van der Waals surface area contributed by atoms with E-state index in [1.165, 1.54) is 6.92 Å². The fourth-order valence-corrected chi connectivity index (χ4v) is 4.11. The number of methoxy groups -OCH3 is 1. The highest BCUT2D eigenvalue weighted by Gasteiger charge is 2.35. The number of likely N-dealkylation sites (N-methyl/N-ethyl adjacent to an activating group) is 1. The zero-order chi connectivity index (χ0) is 15.3. The third-order valence-corrected chi connectivity index (χ3v) is 4.77. The zero-order valence-electron chi connectivity index (χ0n) is 12.6. The van der Waals surface area contributed by atoms with Crippen LogP contribution in [0.25, 0.3) is 0 Å². The van der Waals surface area contributed by atoms with Crippen molar-refractivity contribution in [1.82, 2.24) is 5.32 Å². The smallest absolute Gasteiger partial charge is 0.327 e. The van der Waals surface area contributed by atoms with Gasteiger partial charge in [-0.1, -0.05) is 0 Å². The van der Waals surface area contributed by atoms with Crippen molar-refractivity contribution in [3.05, 3.63) is 0 Å². The second-order valence-electron chi connectivity index (χ2n) is 5.94. The van der Waals surface area contributed by atoms with Crippen LogP contribution in [-0.4, -0.2) is 78.9 Å². The third-order valence-electron chi connectivity index (χ3n) is 3.43. The average molecular weight is 305 g/mol. The van der Waals surface area contributed by atoms with E-state index in [0.29, 0.717) is 11.0 Å². The molecule has 7 heteroatoms. The quantitative estimate of drug-likeness (QED) is 0.684. The number of likely N-dealkylation sites (tertiary alicyclic amines) is 1. The lowest BCUT2D eigenvalue weighted by Crippen LogP contribution is -2.55. The van der Waals surface area contributed by atoms with Crippen LogP contribution in [0.3, 0.4) is 0 Å². The fourth-order valence-electron chi connectivity index (χ4n) is 2.56. The number of aliphatic carboxylic acids is 1. The molecular formula is C13H25N2O4S+. The number of nitrogens with one attached hydrogen (secondary N) is 1. The van der Waals surface area contributed by atoms with Crippen molar-refractivity contribution in [2.45, 2.75) is 30.7 Å². The molecule has 1 fully saturated rings. The Labute approximate surface area is 124 Å². The molecule has 20 heavy (non-hydrogen) atoms. The minimum absolute atomic E-state index is 0.209. The van der Waals surface area contributed by atoms with Gasteiger partial charge in [0.1, 0.15) is 18.7 Å². The Hall–Kier alpha value is -0.790. The largest absolute Gasteiger partial charge is 0.480 e. The molecule has 0 spiro atoms. The van der Waals surface area contributed by atoms with Gasteiger partial charge in [-0.15, -0.1) is 11.8 Å². The van der Waals surface area contributed by atoms with Gasteiger partial charge in [0.05, 0.1) is 25.9 Å². The molecule has 1 aliphatic heterocycles. The molecular weight excluding hydrogens is 280 g/mol. The number of carboxylic acids is 1. The first-order chi connectivity index (χ1) is 9.23. The SMILES string of the molecule is COC1CC(SCC(NC(C)=O)C(=O)O)C[N+](C)(C)C1. The molecule has 0 aromatic carbocycles. The maximum atomic E-state index is 11.1. The number of carboxylic acid groups (broad SMARTS) is 1. The van der Waals surface area contributed by atoms with Crippen molar-refractivity contribution in [2.24, 2.45) is 0 Å². The zero-order valence-corrected chi connectivity index (χ0v) is 13.4. The van der Waals surface area contributed by atoms with E-state index >= 15 is 0 Å². The van der Waals surface area contributed by atoms with Crippen LogP contribution < -0.4 is 5.32 Å². The maximum Gasteiger partial charge on any atom is 0.327 e. The Balaban J connectivity index is 2.53. The molecule has 3 unspecified atom stereocenters. The second kappa shape index (κ2) is 7.28. The van der Waals surface area contributed by atoms with Gasteiger partial charge in [-0.05, 0) is 6.42 Å². The van der Waals surface area contributed by atoms with Crippen LogP contribution in [0.2, 0.25) is 0 Å². The summed E-state index contributed by atoms with van der Waals surface area (Å²) in [7, 11) is 6.03. The van der Waals surface area contributed by atoms with Gasteiger partial charge in [0.15, 0.2) is 0 Å². The molecule has 0 bridgehead atoms. The van der Waals surface area contributed by atoms with Crippen LogP contribution in [0.5, 0.6) is 0 Å². The number of hydrogen-bond acceptors (Lipinski definition) is 4. The molecule has 1 aliphatic rings. The van der Waals surface area contributed by atoms with Crippen molar-refractivity contribution >= 4 is 23.6 Å². The molecule has 0 aromatic heterocycles. The Kier molecular flexibility index (Phi) is 6.29. The summed E-state index contributed by atoms with van der Waals surface area (Å²) in [5.74, 6) is -0.913. The van der Waals surface area contributed by atoms with Gasteiger partial charge in [0.25, 0.3) is 0 Å². The Bertz CT molecular complexity index is 362. The van der Waals surface area contributed by atoms with E-state index < -0.39 is 12.0 Å². The van der Waals surface area contributed by atoms with Crippen LogP contribution in [-0.2, 0) is 14.3 Å². The predicted octanol–water partition coefficient (Wildman–Crippen LogP) is 0.173. The van der Waals surface area contributed by atoms with Crippen LogP contribution in [0.4, 0.5) is 0 Å². The van der Waals surface area contributed by atoms with E-state index in [2.05, 4.69) is 19.4 Å². The minimum Gasteiger partial charge on any atom is -0.480 e. The summed E-state index contributed by atoms with van der Waals surface area (Å²) in [6.07, 6.45) is 1.13. The lowest BCUT2D eigenvalue weighted by molar-refractivity contribution is -0.897. The van der Waals surface area contributed by atoms with Crippen LogP contribution >= 0.6 is 11.8 Å². The fraction of sp³-hybridized carbons (Fsp3) is 0.846. The number of thioether (sulfide) groups is 1. The summed E-state index contributed by atoms with van der Waals surface area (Å²) in [4.78, 5) is 22.1. The van der Waals surface area contributed by atoms with Crippen LogP contribution in [0.15, 0.2) is 0 Å². The predicted molar refractivity (Wildman–Crippen MR) is 78.7 cm³/mol. The molecule has 0 saturated carbocycles. The highest BCUT2D eigenvalue weighted by molar-refractivity contribution is 8.00. The van der Waals surface area contributed by atoms with E-state index in [1.807, 2.05) is 0 Å². The molecule has 0 aromatic rings. The number of piperidine rings is 1. The average Bonchev–Trinajstić information content (AvgIpc) is 2.31. The molecule has 1 saturated heterocycles. The number of ether oxygens (including phenoxy) is 1. The maximum absolute atomic E-state index is 11.1. The first kappa shape index (κ1) is 17.3. The van der Waals surface area contributed by atoms with Gasteiger partial charge >= 0.3 is 5.97 Å². The number of rotatable bonds is 6. The monoisotopic (exact) mass is 305 g/mol. The van der Waals surface area contributed by atoms with Gasteiger partial charge in [-0.25, -0.2) is 4.79 Å². The van der Waals surface area contributed by atoms with Crippen molar-refractivity contribution < 1.29 is 23.9 Å². The van der Waals surface area contributed by atoms with E-state index in [9.17, 15) is 9.59 Å². The summed E-state index contributed by atoms with van der Waals surface area (Å²) < 4.78 is 6.33. The number of hydrogen-bond donors (Lipinski definition) is 2. The molecule has 3 atom stereocenters. The van der Waals surface area contributed by atoms with Gasteiger partial charge in [-0.3, -0.25) is 4.79 Å². The Morgan fingerprint density at radius 1 is 1.45 bits per heavy atom. The molecule has 0 radical (unpaired) electrons. The van der Waals surface area contributed by atoms with E-state index in [1.54, 1.807) is 18.9 Å². The summed E-state index contributed by atoms with van der Waals surface area (Å²) in [5.41, 5.74) is 0. The highest BCUT2D eigenvalue weighted by Crippen LogP contribution is 2.27. The topological polar surface area (TPSA) is 75.6 Å². The first-order valence-corrected chi connectivity index (χ1v) is 7.74. The van der Waals surface area contributed by atoms with E-state index in [-0.39, 0.29) is 12.0 Å². The summed E-state index contributed by atoms with van der Waals surface area (Å²) in [5, 5.41) is 11.9. The Morgan fingerprint density at radius 3 is 2.60 bits per heavy atom. The summed E-state index contributed by atoms with van der Waals surface area (Å²) >= 11 is 1.61. The number of carbonyl (C=O) groups excluding carboxylic acids is 1. The lowest BCUT2D eigenvalue weighted by atomic mass is 10.1. The molecule has 116 valence electrons. The van der Waals surface area contributed by atoms with Crippen molar-refractivity contribution in [3.8, 4) is 0 Å². The van der Waals surface area contributed by atoms with Crippen molar-refractivity contribution in [2.75, 3.05) is 40.0 Å². The lowest BCUT2D eigenvalue weighted by Gasteiger charge is -2.41. The van der Waals surface area contributed by atoms with Crippen molar-refractivity contribution in [3.63, 3.8) is 0 Å². The molecule has 6 nitrogen and oxygen atoms in total. The number of amides is 1. The second-order valence-corrected chi connectivity index (χ2v) is 7.27. The Morgan fingerprint density at radius 2 is 2.10 bits per heavy atom. The summed E-state index contributed by atoms with van der Waals surface area (Å²) in [6, 6.07) is -0.823. The molecule has 1 rings (SSSR count). The molecule has 2 N–H and O–H groups in total. The summed E-state index contributed by atoms with van der Waals surface area (Å²) in [6.45, 7) is 3.29.